The first kappa shape index (κ1) is 22.5. The van der Waals surface area contributed by atoms with E-state index in [1.165, 1.54) is 0 Å². The van der Waals surface area contributed by atoms with Gasteiger partial charge in [-0.2, -0.15) is 10.4 Å². The first-order chi connectivity index (χ1) is 16.9. The number of piperidine rings is 1. The summed E-state index contributed by atoms with van der Waals surface area (Å²) < 4.78 is 3.70. The largest absolute Gasteiger partial charge is 0.382 e. The molecule has 4 aromatic rings. The smallest absolute Gasteiger partial charge is 0.219 e. The van der Waals surface area contributed by atoms with E-state index in [0.717, 1.165) is 59.8 Å². The van der Waals surface area contributed by atoms with Crippen LogP contribution in [0.15, 0.2) is 42.9 Å². The monoisotopic (exact) mass is 469 g/mol. The molecule has 1 aliphatic rings. The lowest BCUT2D eigenvalue weighted by atomic mass is 10.1. The van der Waals surface area contributed by atoms with Crippen LogP contribution in [0.3, 0.4) is 0 Å². The zero-order valence-corrected chi connectivity index (χ0v) is 20.0. The second-order valence-corrected chi connectivity index (χ2v) is 9.15. The molecule has 5 rings (SSSR count). The summed E-state index contributed by atoms with van der Waals surface area (Å²) in [7, 11) is 0. The van der Waals surface area contributed by atoms with Gasteiger partial charge in [0.2, 0.25) is 5.91 Å². The molecule has 1 amide bonds. The van der Waals surface area contributed by atoms with Crippen LogP contribution in [0.4, 0.5) is 5.69 Å². The third-order valence-corrected chi connectivity index (χ3v) is 6.31. The van der Waals surface area contributed by atoms with Crippen LogP contribution in [0.1, 0.15) is 45.2 Å². The lowest BCUT2D eigenvalue weighted by Gasteiger charge is -2.30. The second-order valence-electron chi connectivity index (χ2n) is 9.15. The Bertz CT molecular complexity index is 1420. The minimum Gasteiger partial charge on any atom is -0.382 e. The predicted molar refractivity (Wildman–Crippen MR) is 131 cm³/mol. The molecular formula is C25H27N9O. The Kier molecular flexibility index (Phi) is 5.91. The van der Waals surface area contributed by atoms with Crippen molar-refractivity contribution >= 4 is 17.1 Å². The SMILES string of the molecule is CC(=O)N1CCC(n2cc(-c3cnc(-c4ccc5cc(C#N)cnn45)cc3NC(C)C)nn2)CC1. The Hall–Kier alpha value is -4.26. The van der Waals surface area contributed by atoms with Crippen molar-refractivity contribution in [1.29, 1.82) is 5.26 Å². The standard InChI is InChI=1S/C25H27N9O/c1-16(2)29-22-11-23(25-5-4-20-10-18(12-26)13-28-34(20)25)27-14-21(22)24-15-33(31-30-24)19-6-8-32(9-7-19)17(3)35/h4-5,10-11,13-16,19H,6-9H2,1-3H3,(H,27,29). The Morgan fingerprint density at radius 1 is 1.17 bits per heavy atom. The first-order valence-electron chi connectivity index (χ1n) is 11.8. The summed E-state index contributed by atoms with van der Waals surface area (Å²) in [6.07, 6.45) is 7.05. The number of nitriles is 1. The average Bonchev–Trinajstić information content (AvgIpc) is 3.51. The summed E-state index contributed by atoms with van der Waals surface area (Å²) in [5.41, 5.74) is 5.48. The van der Waals surface area contributed by atoms with E-state index in [0.29, 0.717) is 5.56 Å². The number of rotatable bonds is 5. The number of pyridine rings is 1. The highest BCUT2D eigenvalue weighted by atomic mass is 16.2. The van der Waals surface area contributed by atoms with Gasteiger partial charge in [-0.15, -0.1) is 5.10 Å². The lowest BCUT2D eigenvalue weighted by molar-refractivity contribution is -0.130. The number of carbonyl (C=O) groups is 1. The number of carbonyl (C=O) groups excluding carboxylic acids is 1. The minimum absolute atomic E-state index is 0.120. The van der Waals surface area contributed by atoms with Crippen LogP contribution in [0.2, 0.25) is 0 Å². The Morgan fingerprint density at radius 3 is 2.69 bits per heavy atom. The molecule has 0 atom stereocenters. The summed E-state index contributed by atoms with van der Waals surface area (Å²) in [5.74, 6) is 0.120. The van der Waals surface area contributed by atoms with Gasteiger partial charge in [0.25, 0.3) is 0 Å². The van der Waals surface area contributed by atoms with Crippen LogP contribution in [0, 0.1) is 11.3 Å². The molecule has 1 fully saturated rings. The van der Waals surface area contributed by atoms with Crippen LogP contribution in [0.5, 0.6) is 0 Å². The van der Waals surface area contributed by atoms with E-state index in [-0.39, 0.29) is 18.0 Å². The van der Waals surface area contributed by atoms with Crippen molar-refractivity contribution in [3.05, 3.63) is 48.4 Å². The molecule has 1 N–H and O–H groups in total. The van der Waals surface area contributed by atoms with Crippen LogP contribution in [-0.2, 0) is 4.79 Å². The number of nitrogens with one attached hydrogen (secondary N) is 1. The van der Waals surface area contributed by atoms with Gasteiger partial charge in [0.1, 0.15) is 11.8 Å². The van der Waals surface area contributed by atoms with E-state index in [1.807, 2.05) is 40.2 Å². The van der Waals surface area contributed by atoms with Crippen molar-refractivity contribution < 1.29 is 4.79 Å². The van der Waals surface area contributed by atoms with Gasteiger partial charge in [0.15, 0.2) is 0 Å². The summed E-state index contributed by atoms with van der Waals surface area (Å²) in [5, 5.41) is 25.9. The van der Waals surface area contributed by atoms with Gasteiger partial charge in [-0.1, -0.05) is 5.21 Å². The van der Waals surface area contributed by atoms with Crippen LogP contribution < -0.4 is 5.32 Å². The summed E-state index contributed by atoms with van der Waals surface area (Å²) in [4.78, 5) is 18.2. The molecule has 0 aliphatic carbocycles. The summed E-state index contributed by atoms with van der Waals surface area (Å²) in [6, 6.07) is 10.2. The summed E-state index contributed by atoms with van der Waals surface area (Å²) >= 11 is 0. The van der Waals surface area contributed by atoms with Gasteiger partial charge >= 0.3 is 0 Å². The van der Waals surface area contributed by atoms with Gasteiger partial charge in [0.05, 0.1) is 40.9 Å². The minimum atomic E-state index is 0.120. The third-order valence-electron chi connectivity index (χ3n) is 6.31. The zero-order valence-electron chi connectivity index (χ0n) is 20.0. The quantitative estimate of drug-likeness (QED) is 0.475. The van der Waals surface area contributed by atoms with E-state index in [9.17, 15) is 4.79 Å². The molecule has 35 heavy (non-hydrogen) atoms. The molecule has 0 aromatic carbocycles. The number of amides is 1. The highest BCUT2D eigenvalue weighted by molar-refractivity contribution is 5.79. The first-order valence-corrected chi connectivity index (χ1v) is 11.8. The topological polar surface area (TPSA) is 117 Å². The van der Waals surface area contributed by atoms with Crippen molar-refractivity contribution in [2.45, 2.75) is 45.7 Å². The number of hydrogen-bond donors (Lipinski definition) is 1. The van der Waals surface area contributed by atoms with Crippen LogP contribution in [-0.4, -0.2) is 59.5 Å². The molecule has 0 radical (unpaired) electrons. The van der Waals surface area contributed by atoms with Gasteiger partial charge in [0, 0.05) is 43.5 Å². The third kappa shape index (κ3) is 4.45. The van der Waals surface area contributed by atoms with Gasteiger partial charge in [-0.3, -0.25) is 9.78 Å². The molecule has 5 heterocycles. The van der Waals surface area contributed by atoms with E-state index >= 15 is 0 Å². The average molecular weight is 470 g/mol. The molecular weight excluding hydrogens is 442 g/mol. The highest BCUT2D eigenvalue weighted by Gasteiger charge is 2.24. The van der Waals surface area contributed by atoms with Crippen molar-refractivity contribution in [3.63, 3.8) is 0 Å². The van der Waals surface area contributed by atoms with Crippen molar-refractivity contribution in [3.8, 4) is 28.7 Å². The fraction of sp³-hybridized carbons (Fsp3) is 0.360. The number of anilines is 1. The molecule has 0 unspecified atom stereocenters. The maximum atomic E-state index is 11.6. The number of likely N-dealkylation sites (tertiary alicyclic amines) is 1. The fourth-order valence-electron chi connectivity index (χ4n) is 4.51. The van der Waals surface area contributed by atoms with Crippen molar-refractivity contribution in [2.75, 3.05) is 18.4 Å². The van der Waals surface area contributed by atoms with Gasteiger partial charge < -0.3 is 10.2 Å². The highest BCUT2D eigenvalue weighted by Crippen LogP contribution is 2.32. The Balaban J connectivity index is 1.46. The maximum absolute atomic E-state index is 11.6. The molecule has 1 aliphatic heterocycles. The molecule has 0 spiro atoms. The number of aromatic nitrogens is 6. The maximum Gasteiger partial charge on any atom is 0.219 e. The zero-order chi connectivity index (χ0) is 24.5. The molecule has 4 aromatic heterocycles. The molecule has 10 heteroatoms. The molecule has 1 saturated heterocycles. The van der Waals surface area contributed by atoms with E-state index in [4.69, 9.17) is 10.2 Å². The molecule has 0 bridgehead atoms. The Morgan fingerprint density at radius 2 is 1.97 bits per heavy atom. The molecule has 0 saturated carbocycles. The Labute approximate surface area is 203 Å². The van der Waals surface area contributed by atoms with Crippen LogP contribution >= 0.6 is 0 Å². The molecule has 178 valence electrons. The van der Waals surface area contributed by atoms with E-state index < -0.39 is 0 Å². The number of fused-ring (bicyclic) bond motifs is 1. The van der Waals surface area contributed by atoms with Crippen LogP contribution in [0.25, 0.3) is 28.2 Å². The van der Waals surface area contributed by atoms with E-state index in [2.05, 4.69) is 40.6 Å². The predicted octanol–water partition coefficient (Wildman–Crippen LogP) is 3.53. The van der Waals surface area contributed by atoms with Gasteiger partial charge in [-0.25, -0.2) is 9.20 Å². The number of nitrogens with zero attached hydrogens (tertiary/aromatic N) is 8. The normalized spacial score (nSPS) is 14.4. The van der Waals surface area contributed by atoms with Crippen molar-refractivity contribution in [2.24, 2.45) is 0 Å². The number of hydrogen-bond acceptors (Lipinski definition) is 7. The summed E-state index contributed by atoms with van der Waals surface area (Å²) in [6.45, 7) is 7.26. The lowest BCUT2D eigenvalue weighted by Crippen LogP contribution is -2.37. The molecule has 10 nitrogen and oxygen atoms in total. The van der Waals surface area contributed by atoms with Crippen molar-refractivity contribution in [1.82, 2.24) is 34.5 Å². The second kappa shape index (κ2) is 9.18. The van der Waals surface area contributed by atoms with E-state index in [1.54, 1.807) is 23.7 Å². The van der Waals surface area contributed by atoms with Gasteiger partial charge in [-0.05, 0) is 51.0 Å². The fourth-order valence-corrected chi connectivity index (χ4v) is 4.51.